The van der Waals surface area contributed by atoms with E-state index in [2.05, 4.69) is 55.6 Å². The highest BCUT2D eigenvalue weighted by Gasteiger charge is 2.24. The van der Waals surface area contributed by atoms with Crippen molar-refractivity contribution in [1.82, 2.24) is 5.32 Å². The molecule has 1 amide bonds. The van der Waals surface area contributed by atoms with E-state index >= 15 is 0 Å². The molecule has 3 N–H and O–H groups in total. The SMILES string of the molecule is CCCC/C=C\C/C=C\CCCCCCCC(=O)NC(CS(=O)(=O)O)C(O)/C=C/CC/C=C/CCCCCC. The highest BCUT2D eigenvalue weighted by molar-refractivity contribution is 7.85. The van der Waals surface area contributed by atoms with Gasteiger partial charge in [-0.2, -0.15) is 8.42 Å². The Morgan fingerprint density at radius 3 is 1.85 bits per heavy atom. The molecule has 0 saturated carbocycles. The lowest BCUT2D eigenvalue weighted by molar-refractivity contribution is -0.122. The molecule has 0 radical (unpaired) electrons. The molecule has 0 rings (SSSR count). The maximum absolute atomic E-state index is 12.4. The first kappa shape index (κ1) is 37.3. The van der Waals surface area contributed by atoms with Crippen LogP contribution in [0.4, 0.5) is 0 Å². The zero-order valence-corrected chi connectivity index (χ0v) is 25.6. The van der Waals surface area contributed by atoms with Crippen LogP contribution in [0.15, 0.2) is 48.6 Å². The number of nitrogens with one attached hydrogen (secondary N) is 1. The third kappa shape index (κ3) is 27.7. The van der Waals surface area contributed by atoms with Gasteiger partial charge < -0.3 is 10.4 Å². The molecule has 0 aliphatic carbocycles. The Morgan fingerprint density at radius 2 is 1.21 bits per heavy atom. The van der Waals surface area contributed by atoms with Crippen LogP contribution in [0, 0.1) is 0 Å². The topological polar surface area (TPSA) is 104 Å². The van der Waals surface area contributed by atoms with E-state index in [4.69, 9.17) is 0 Å². The van der Waals surface area contributed by atoms with Gasteiger partial charge in [-0.15, -0.1) is 0 Å². The number of allylic oxidation sites excluding steroid dienone is 7. The first-order chi connectivity index (χ1) is 18.8. The molecular weight excluding hydrogens is 510 g/mol. The number of rotatable bonds is 26. The molecule has 2 unspecified atom stereocenters. The molecule has 0 heterocycles. The number of carbonyl (C=O) groups is 1. The Hall–Kier alpha value is -1.70. The van der Waals surface area contributed by atoms with Crippen LogP contribution >= 0.6 is 0 Å². The fourth-order valence-electron chi connectivity index (χ4n) is 4.13. The van der Waals surface area contributed by atoms with Gasteiger partial charge >= 0.3 is 0 Å². The van der Waals surface area contributed by atoms with Crippen LogP contribution in [-0.4, -0.2) is 41.9 Å². The van der Waals surface area contributed by atoms with Crippen molar-refractivity contribution in [1.29, 1.82) is 0 Å². The Bertz CT molecular complexity index is 801. The molecule has 0 aliphatic heterocycles. The summed E-state index contributed by atoms with van der Waals surface area (Å²) in [6.45, 7) is 4.40. The third-order valence-electron chi connectivity index (χ3n) is 6.48. The molecule has 6 nitrogen and oxygen atoms in total. The number of hydrogen-bond donors (Lipinski definition) is 3. The average molecular weight is 568 g/mol. The van der Waals surface area contributed by atoms with Crippen LogP contribution in [0.5, 0.6) is 0 Å². The molecule has 0 fully saturated rings. The van der Waals surface area contributed by atoms with Crippen molar-refractivity contribution in [2.45, 2.75) is 142 Å². The van der Waals surface area contributed by atoms with Gasteiger partial charge in [0.05, 0.1) is 17.9 Å². The predicted octanol–water partition coefficient (Wildman–Crippen LogP) is 8.01. The Labute approximate surface area is 239 Å². The van der Waals surface area contributed by atoms with Gasteiger partial charge in [-0.3, -0.25) is 9.35 Å². The maximum Gasteiger partial charge on any atom is 0.267 e. The lowest BCUT2D eigenvalue weighted by Crippen LogP contribution is -2.46. The summed E-state index contributed by atoms with van der Waals surface area (Å²) in [6.07, 6.45) is 33.8. The van der Waals surface area contributed by atoms with E-state index in [9.17, 15) is 22.9 Å². The van der Waals surface area contributed by atoms with Gasteiger partial charge in [0.15, 0.2) is 0 Å². The minimum Gasteiger partial charge on any atom is -0.387 e. The molecule has 2 atom stereocenters. The summed E-state index contributed by atoms with van der Waals surface area (Å²) in [7, 11) is -4.35. The van der Waals surface area contributed by atoms with Gasteiger partial charge in [0.1, 0.15) is 0 Å². The molecule has 7 heteroatoms. The van der Waals surface area contributed by atoms with E-state index in [1.165, 1.54) is 51.0 Å². The summed E-state index contributed by atoms with van der Waals surface area (Å²) in [5.41, 5.74) is 0. The second-order valence-corrected chi connectivity index (χ2v) is 11.9. The first-order valence-corrected chi connectivity index (χ1v) is 16.9. The molecular formula is C32H57NO5S. The Balaban J connectivity index is 4.17. The predicted molar refractivity (Wildman–Crippen MR) is 165 cm³/mol. The van der Waals surface area contributed by atoms with Gasteiger partial charge in [0.2, 0.25) is 5.91 Å². The molecule has 39 heavy (non-hydrogen) atoms. The van der Waals surface area contributed by atoms with Crippen LogP contribution in [0.25, 0.3) is 0 Å². The van der Waals surface area contributed by atoms with Crippen molar-refractivity contribution in [3.05, 3.63) is 48.6 Å². The molecule has 0 aromatic carbocycles. The second kappa shape index (κ2) is 26.5. The largest absolute Gasteiger partial charge is 0.387 e. The number of carbonyl (C=O) groups excluding carboxylic acids is 1. The van der Waals surface area contributed by atoms with Crippen LogP contribution in [-0.2, 0) is 14.9 Å². The van der Waals surface area contributed by atoms with E-state index in [1.54, 1.807) is 6.08 Å². The van der Waals surface area contributed by atoms with E-state index in [0.717, 1.165) is 51.4 Å². The fourth-order valence-corrected chi connectivity index (χ4v) is 4.86. The summed E-state index contributed by atoms with van der Waals surface area (Å²) >= 11 is 0. The fraction of sp³-hybridized carbons (Fsp3) is 0.719. The first-order valence-electron chi connectivity index (χ1n) is 15.3. The third-order valence-corrected chi connectivity index (χ3v) is 7.26. The van der Waals surface area contributed by atoms with Crippen LogP contribution in [0.3, 0.4) is 0 Å². The number of hydrogen-bond acceptors (Lipinski definition) is 4. The van der Waals surface area contributed by atoms with Crippen LogP contribution < -0.4 is 5.32 Å². The van der Waals surface area contributed by atoms with Crippen molar-refractivity contribution in [2.24, 2.45) is 0 Å². The quantitative estimate of drug-likeness (QED) is 0.0558. The minimum atomic E-state index is -4.35. The molecule has 0 spiro atoms. The van der Waals surface area contributed by atoms with Gasteiger partial charge in [-0.1, -0.05) is 114 Å². The summed E-state index contributed by atoms with van der Waals surface area (Å²) in [5, 5.41) is 13.0. The molecule has 226 valence electrons. The second-order valence-electron chi connectivity index (χ2n) is 10.4. The van der Waals surface area contributed by atoms with E-state index in [-0.39, 0.29) is 12.3 Å². The summed E-state index contributed by atoms with van der Waals surface area (Å²) in [5.74, 6) is -1.03. The van der Waals surface area contributed by atoms with Crippen LogP contribution in [0.1, 0.15) is 129 Å². The molecule has 0 aromatic heterocycles. The van der Waals surface area contributed by atoms with Crippen LogP contribution in [0.2, 0.25) is 0 Å². The standard InChI is InChI=1S/C32H57NO5S/c1-3-5-7-9-11-13-15-16-17-18-20-22-24-26-28-32(35)33-30(29-39(36,37)38)31(34)27-25-23-21-19-14-12-10-8-6-4-2/h9,11,14-16,19,25,27,30-31,34H,3-8,10,12-13,17-18,20-24,26,28-29H2,1-2H3,(H,33,35)(H,36,37,38)/b11-9-,16-15-,19-14+,27-25+. The molecule has 0 aliphatic rings. The zero-order valence-electron chi connectivity index (χ0n) is 24.7. The zero-order chi connectivity index (χ0) is 29.0. The summed E-state index contributed by atoms with van der Waals surface area (Å²) in [6, 6.07) is -1.08. The van der Waals surface area contributed by atoms with Crippen molar-refractivity contribution >= 4 is 16.0 Å². The van der Waals surface area contributed by atoms with Gasteiger partial charge in [0, 0.05) is 6.42 Å². The van der Waals surface area contributed by atoms with Gasteiger partial charge in [-0.25, -0.2) is 0 Å². The molecule has 0 aromatic rings. The van der Waals surface area contributed by atoms with E-state index < -0.39 is 28.0 Å². The summed E-state index contributed by atoms with van der Waals surface area (Å²) < 4.78 is 32.1. The maximum atomic E-state index is 12.4. The normalized spacial score (nSPS) is 14.3. The molecule has 0 saturated heterocycles. The highest BCUT2D eigenvalue weighted by Crippen LogP contribution is 2.10. The smallest absolute Gasteiger partial charge is 0.267 e. The lowest BCUT2D eigenvalue weighted by atomic mass is 10.1. The molecule has 0 bridgehead atoms. The average Bonchev–Trinajstić information content (AvgIpc) is 2.88. The van der Waals surface area contributed by atoms with E-state index in [0.29, 0.717) is 12.8 Å². The van der Waals surface area contributed by atoms with Crippen molar-refractivity contribution in [3.8, 4) is 0 Å². The summed E-state index contributed by atoms with van der Waals surface area (Å²) in [4.78, 5) is 12.4. The van der Waals surface area contributed by atoms with Crippen molar-refractivity contribution in [2.75, 3.05) is 5.75 Å². The van der Waals surface area contributed by atoms with Crippen molar-refractivity contribution in [3.63, 3.8) is 0 Å². The number of amides is 1. The Morgan fingerprint density at radius 1 is 0.692 bits per heavy atom. The number of aliphatic hydroxyl groups is 1. The van der Waals surface area contributed by atoms with Crippen molar-refractivity contribution < 1.29 is 22.9 Å². The monoisotopic (exact) mass is 567 g/mol. The van der Waals surface area contributed by atoms with Gasteiger partial charge in [-0.05, 0) is 57.8 Å². The lowest BCUT2D eigenvalue weighted by Gasteiger charge is -2.21. The van der Waals surface area contributed by atoms with Gasteiger partial charge in [0.25, 0.3) is 10.1 Å². The van der Waals surface area contributed by atoms with E-state index in [1.807, 2.05) is 0 Å². The number of aliphatic hydroxyl groups excluding tert-OH is 1. The Kier molecular flexibility index (Phi) is 25.4. The number of unbranched alkanes of at least 4 members (excludes halogenated alkanes) is 12. The minimum absolute atomic E-state index is 0.270. The highest BCUT2D eigenvalue weighted by atomic mass is 32.2.